The molecule has 0 bridgehead atoms. The van der Waals surface area contributed by atoms with E-state index in [2.05, 4.69) is 4.98 Å². The van der Waals surface area contributed by atoms with Crippen molar-refractivity contribution >= 4 is 29.1 Å². The van der Waals surface area contributed by atoms with Gasteiger partial charge in [-0.15, -0.1) is 0 Å². The van der Waals surface area contributed by atoms with Gasteiger partial charge in [-0.3, -0.25) is 9.59 Å². The first kappa shape index (κ1) is 24.0. The first-order chi connectivity index (χ1) is 17.9. The predicted molar refractivity (Wildman–Crippen MR) is 146 cm³/mol. The number of hydrogen-bond acceptors (Lipinski definition) is 3. The summed E-state index contributed by atoms with van der Waals surface area (Å²) in [5, 5.41) is 1.35. The Hall–Kier alpha value is -3.41. The van der Waals surface area contributed by atoms with Gasteiger partial charge in [0.2, 0.25) is 5.91 Å². The van der Waals surface area contributed by atoms with E-state index in [-0.39, 0.29) is 29.8 Å². The van der Waals surface area contributed by atoms with Gasteiger partial charge in [0.15, 0.2) is 0 Å². The lowest BCUT2D eigenvalue weighted by atomic mass is 9.94. The highest BCUT2D eigenvalue weighted by Crippen LogP contribution is 2.52. The van der Waals surface area contributed by atoms with E-state index in [1.54, 1.807) is 4.90 Å². The SMILES string of the molecule is O=C(Cc1cccc(-c2cccc(Cl)c2)c1)N1CCc2nc(C3(c4cccc(Cl)c4)CC3)[nH]c(=O)c2C1. The Kier molecular flexibility index (Phi) is 6.13. The molecule has 1 aliphatic carbocycles. The molecule has 37 heavy (non-hydrogen) atoms. The molecule has 2 aliphatic rings. The van der Waals surface area contributed by atoms with Crippen LogP contribution < -0.4 is 5.56 Å². The van der Waals surface area contributed by atoms with Crippen molar-refractivity contribution in [2.24, 2.45) is 0 Å². The van der Waals surface area contributed by atoms with Crippen LogP contribution in [0.25, 0.3) is 11.1 Å². The number of carbonyl (C=O) groups excluding carboxylic acids is 1. The van der Waals surface area contributed by atoms with Crippen LogP contribution in [-0.4, -0.2) is 27.3 Å². The lowest BCUT2D eigenvalue weighted by Crippen LogP contribution is -2.41. The Morgan fingerprint density at radius 2 is 1.65 bits per heavy atom. The maximum Gasteiger partial charge on any atom is 0.256 e. The fourth-order valence-corrected chi connectivity index (χ4v) is 5.63. The third-order valence-corrected chi connectivity index (χ3v) is 7.91. The Morgan fingerprint density at radius 1 is 0.946 bits per heavy atom. The number of aromatic amines is 1. The van der Waals surface area contributed by atoms with Crippen molar-refractivity contribution in [3.63, 3.8) is 0 Å². The van der Waals surface area contributed by atoms with Gasteiger partial charge in [-0.1, -0.05) is 71.7 Å². The van der Waals surface area contributed by atoms with Gasteiger partial charge in [-0.2, -0.15) is 0 Å². The van der Waals surface area contributed by atoms with Gasteiger partial charge in [0.25, 0.3) is 5.56 Å². The van der Waals surface area contributed by atoms with E-state index in [0.29, 0.717) is 34.4 Å². The molecule has 0 radical (unpaired) electrons. The van der Waals surface area contributed by atoms with Crippen molar-refractivity contribution in [3.8, 4) is 11.1 Å². The van der Waals surface area contributed by atoms with Gasteiger partial charge < -0.3 is 9.88 Å². The summed E-state index contributed by atoms with van der Waals surface area (Å²) in [6.45, 7) is 0.814. The van der Waals surface area contributed by atoms with Crippen LogP contribution in [0.2, 0.25) is 10.0 Å². The number of carbonyl (C=O) groups is 1. The number of H-pyrrole nitrogens is 1. The second-order valence-corrected chi connectivity index (χ2v) is 10.8. The molecule has 3 aromatic carbocycles. The highest BCUT2D eigenvalue weighted by Gasteiger charge is 2.48. The molecule has 0 saturated heterocycles. The van der Waals surface area contributed by atoms with Crippen LogP contribution in [0.5, 0.6) is 0 Å². The lowest BCUT2D eigenvalue weighted by Gasteiger charge is -2.29. The molecule has 1 N–H and O–H groups in total. The summed E-state index contributed by atoms with van der Waals surface area (Å²) in [6.07, 6.45) is 2.68. The smallest absolute Gasteiger partial charge is 0.256 e. The molecule has 1 amide bonds. The molecule has 6 rings (SSSR count). The van der Waals surface area contributed by atoms with Gasteiger partial charge in [0.05, 0.1) is 29.6 Å². The first-order valence-corrected chi connectivity index (χ1v) is 13.2. The van der Waals surface area contributed by atoms with Gasteiger partial charge in [-0.25, -0.2) is 4.98 Å². The van der Waals surface area contributed by atoms with Crippen molar-refractivity contribution in [2.75, 3.05) is 6.54 Å². The number of hydrogen-bond donors (Lipinski definition) is 1. The van der Waals surface area contributed by atoms with Crippen molar-refractivity contribution in [1.82, 2.24) is 14.9 Å². The lowest BCUT2D eigenvalue weighted by molar-refractivity contribution is -0.131. The van der Waals surface area contributed by atoms with Crippen LogP contribution in [-0.2, 0) is 29.6 Å². The van der Waals surface area contributed by atoms with Crippen LogP contribution in [0, 0.1) is 0 Å². The number of fused-ring (bicyclic) bond motifs is 1. The highest BCUT2D eigenvalue weighted by molar-refractivity contribution is 6.31. The van der Waals surface area contributed by atoms with E-state index in [1.807, 2.05) is 72.8 Å². The van der Waals surface area contributed by atoms with Crippen LogP contribution in [0.1, 0.15) is 41.1 Å². The summed E-state index contributed by atoms with van der Waals surface area (Å²) in [5.41, 5.74) is 4.96. The van der Waals surface area contributed by atoms with Gasteiger partial charge in [-0.05, 0) is 59.4 Å². The van der Waals surface area contributed by atoms with Crippen molar-refractivity contribution in [3.05, 3.63) is 121 Å². The summed E-state index contributed by atoms with van der Waals surface area (Å²) in [7, 11) is 0. The third-order valence-electron chi connectivity index (χ3n) is 7.44. The minimum Gasteiger partial charge on any atom is -0.337 e. The summed E-state index contributed by atoms with van der Waals surface area (Å²) in [4.78, 5) is 36.0. The van der Waals surface area contributed by atoms with Crippen molar-refractivity contribution in [2.45, 2.75) is 37.6 Å². The second kappa shape index (κ2) is 9.47. The normalized spacial score (nSPS) is 15.8. The number of rotatable bonds is 5. The molecule has 1 fully saturated rings. The van der Waals surface area contributed by atoms with Crippen LogP contribution in [0.4, 0.5) is 0 Å². The molecule has 1 saturated carbocycles. The largest absolute Gasteiger partial charge is 0.337 e. The maximum absolute atomic E-state index is 13.2. The van der Waals surface area contributed by atoms with E-state index < -0.39 is 0 Å². The Balaban J connectivity index is 1.20. The third kappa shape index (κ3) is 4.70. The second-order valence-electron chi connectivity index (χ2n) is 9.89. The Bertz CT molecular complexity index is 1580. The van der Waals surface area contributed by atoms with Gasteiger partial charge >= 0.3 is 0 Å². The van der Waals surface area contributed by atoms with E-state index in [4.69, 9.17) is 28.2 Å². The summed E-state index contributed by atoms with van der Waals surface area (Å²) < 4.78 is 0. The quantitative estimate of drug-likeness (QED) is 0.347. The molecular weight excluding hydrogens is 505 g/mol. The zero-order valence-corrected chi connectivity index (χ0v) is 21.6. The van der Waals surface area contributed by atoms with Crippen molar-refractivity contribution < 1.29 is 4.79 Å². The molecule has 186 valence electrons. The monoisotopic (exact) mass is 529 g/mol. The molecule has 1 aliphatic heterocycles. The molecule has 1 aromatic heterocycles. The molecule has 5 nitrogen and oxygen atoms in total. The highest BCUT2D eigenvalue weighted by atomic mass is 35.5. The topological polar surface area (TPSA) is 66.1 Å². The molecule has 0 atom stereocenters. The number of halogens is 2. The summed E-state index contributed by atoms with van der Waals surface area (Å²) in [6, 6.07) is 23.4. The summed E-state index contributed by atoms with van der Waals surface area (Å²) in [5.74, 6) is 0.700. The van der Waals surface area contributed by atoms with Crippen molar-refractivity contribution in [1.29, 1.82) is 0 Å². The fraction of sp³-hybridized carbons (Fsp3) is 0.233. The van der Waals surface area contributed by atoms with Crippen LogP contribution in [0.15, 0.2) is 77.6 Å². The average Bonchev–Trinajstić information content (AvgIpc) is 3.71. The standard InChI is InChI=1S/C30H25Cl2N3O2/c31-23-8-2-6-21(16-23)20-5-1-4-19(14-20)15-27(36)35-13-10-26-25(18-35)28(37)34-29(33-26)30(11-12-30)22-7-3-9-24(32)17-22/h1-9,14,16-17H,10-13,15,18H2,(H,33,34,37). The number of nitrogens with one attached hydrogen (secondary N) is 1. The van der Waals surface area contributed by atoms with Crippen LogP contribution in [0.3, 0.4) is 0 Å². The van der Waals surface area contributed by atoms with Crippen LogP contribution >= 0.6 is 23.2 Å². The summed E-state index contributed by atoms with van der Waals surface area (Å²) >= 11 is 12.4. The number of aromatic nitrogens is 2. The molecule has 0 unspecified atom stereocenters. The number of nitrogens with zero attached hydrogens (tertiary/aromatic N) is 2. The minimum absolute atomic E-state index is 0.00467. The van der Waals surface area contributed by atoms with E-state index in [9.17, 15) is 9.59 Å². The van der Waals surface area contributed by atoms with Gasteiger partial charge in [0.1, 0.15) is 5.82 Å². The minimum atomic E-state index is -0.278. The molecular formula is C30H25Cl2N3O2. The fourth-order valence-electron chi connectivity index (χ4n) is 5.25. The number of benzene rings is 3. The maximum atomic E-state index is 13.2. The van der Waals surface area contributed by atoms with E-state index in [0.717, 1.165) is 40.8 Å². The Labute approximate surface area is 225 Å². The zero-order valence-electron chi connectivity index (χ0n) is 20.1. The molecule has 7 heteroatoms. The van der Waals surface area contributed by atoms with E-state index >= 15 is 0 Å². The molecule has 2 heterocycles. The Morgan fingerprint density at radius 3 is 2.38 bits per heavy atom. The van der Waals surface area contributed by atoms with Gasteiger partial charge in [0, 0.05) is 23.0 Å². The van der Waals surface area contributed by atoms with E-state index in [1.165, 1.54) is 0 Å². The first-order valence-electron chi connectivity index (χ1n) is 12.4. The number of amides is 1. The average molecular weight is 530 g/mol. The molecule has 4 aromatic rings. The predicted octanol–water partition coefficient (Wildman–Crippen LogP) is 5.95. The zero-order chi connectivity index (χ0) is 25.6. The molecule has 0 spiro atoms.